The van der Waals surface area contributed by atoms with Gasteiger partial charge in [0.15, 0.2) is 0 Å². The normalized spacial score (nSPS) is 11.1. The van der Waals surface area contributed by atoms with Crippen molar-refractivity contribution in [3.05, 3.63) is 95.0 Å². The lowest BCUT2D eigenvalue weighted by Gasteiger charge is -2.22. The Hall–Kier alpha value is -3.03. The number of sulfonamides is 1. The van der Waals surface area contributed by atoms with Crippen LogP contribution in [0.5, 0.6) is 5.75 Å². The second kappa shape index (κ2) is 11.7. The van der Waals surface area contributed by atoms with Gasteiger partial charge in [-0.05, 0) is 54.3 Å². The Balaban J connectivity index is 1.53. The van der Waals surface area contributed by atoms with Crippen LogP contribution in [0.15, 0.2) is 78.9 Å². The molecule has 6 nitrogen and oxygen atoms in total. The fourth-order valence-electron chi connectivity index (χ4n) is 3.24. The molecular formula is C25H27ClN2O4S. The molecule has 0 heterocycles. The Morgan fingerprint density at radius 2 is 1.64 bits per heavy atom. The summed E-state index contributed by atoms with van der Waals surface area (Å²) in [5.41, 5.74) is 2.45. The molecule has 0 atom stereocenters. The van der Waals surface area contributed by atoms with Gasteiger partial charge in [-0.25, -0.2) is 8.42 Å². The number of rotatable bonds is 11. The third kappa shape index (κ3) is 7.80. The topological polar surface area (TPSA) is 75.7 Å². The Labute approximate surface area is 200 Å². The lowest BCUT2D eigenvalue weighted by molar-refractivity contribution is -0.119. The molecule has 0 aliphatic carbocycles. The number of benzene rings is 3. The van der Waals surface area contributed by atoms with E-state index in [2.05, 4.69) is 5.32 Å². The molecule has 0 unspecified atom stereocenters. The minimum Gasteiger partial charge on any atom is -0.489 e. The molecule has 1 amide bonds. The quantitative estimate of drug-likeness (QED) is 0.407. The maximum Gasteiger partial charge on any atom is 0.240 e. The molecular weight excluding hydrogens is 460 g/mol. The van der Waals surface area contributed by atoms with Gasteiger partial charge in [0.1, 0.15) is 18.9 Å². The molecule has 0 aliphatic rings. The Bertz CT molecular complexity index is 1150. The molecule has 0 spiro atoms. The summed E-state index contributed by atoms with van der Waals surface area (Å²) in [6.07, 6.45) is 2.50. The lowest BCUT2D eigenvalue weighted by atomic mass is 10.1. The number of anilines is 1. The van der Waals surface area contributed by atoms with Crippen molar-refractivity contribution in [1.29, 1.82) is 0 Å². The number of hydrogen-bond donors (Lipinski definition) is 1. The van der Waals surface area contributed by atoms with Gasteiger partial charge in [0, 0.05) is 11.6 Å². The van der Waals surface area contributed by atoms with Crippen molar-refractivity contribution in [2.75, 3.05) is 23.7 Å². The standard InChI is InChI=1S/C25H27ClN2O4S/c1-33(30,31)28(18-25(29)27-17-7-11-21-10-5-6-12-24(21)26)22-13-15-23(16-14-22)32-19-20-8-3-2-4-9-20/h2-6,8-10,12-16H,7,11,17-19H2,1H3,(H,27,29). The highest BCUT2D eigenvalue weighted by atomic mass is 35.5. The minimum absolute atomic E-state index is 0.296. The zero-order valence-electron chi connectivity index (χ0n) is 18.4. The van der Waals surface area contributed by atoms with E-state index < -0.39 is 10.0 Å². The second-order valence-electron chi connectivity index (χ2n) is 7.58. The molecule has 0 fully saturated rings. The number of carbonyl (C=O) groups is 1. The SMILES string of the molecule is CS(=O)(=O)N(CC(=O)NCCCc1ccccc1Cl)c1ccc(OCc2ccccc2)cc1. The molecule has 174 valence electrons. The van der Waals surface area contributed by atoms with Crippen LogP contribution in [0.4, 0.5) is 5.69 Å². The van der Waals surface area contributed by atoms with Crippen molar-refractivity contribution in [3.63, 3.8) is 0 Å². The largest absolute Gasteiger partial charge is 0.489 e. The zero-order valence-corrected chi connectivity index (χ0v) is 20.0. The van der Waals surface area contributed by atoms with Crippen LogP contribution in [0.25, 0.3) is 0 Å². The molecule has 0 saturated carbocycles. The number of nitrogens with one attached hydrogen (secondary N) is 1. The highest BCUT2D eigenvalue weighted by Crippen LogP contribution is 2.22. The Kier molecular flexibility index (Phi) is 8.74. The van der Waals surface area contributed by atoms with E-state index in [1.165, 1.54) is 0 Å². The van der Waals surface area contributed by atoms with E-state index >= 15 is 0 Å². The number of aryl methyl sites for hydroxylation is 1. The second-order valence-corrected chi connectivity index (χ2v) is 9.90. The fraction of sp³-hybridized carbons (Fsp3) is 0.240. The van der Waals surface area contributed by atoms with Crippen LogP contribution in [0.3, 0.4) is 0 Å². The summed E-state index contributed by atoms with van der Waals surface area (Å²) in [7, 11) is -3.65. The van der Waals surface area contributed by atoms with Crippen LogP contribution in [0.1, 0.15) is 17.5 Å². The molecule has 33 heavy (non-hydrogen) atoms. The summed E-state index contributed by atoms with van der Waals surface area (Å²) in [6, 6.07) is 24.0. The van der Waals surface area contributed by atoms with Crippen molar-refractivity contribution in [2.24, 2.45) is 0 Å². The van der Waals surface area contributed by atoms with Crippen LogP contribution in [-0.2, 0) is 27.8 Å². The first-order valence-electron chi connectivity index (χ1n) is 10.6. The van der Waals surface area contributed by atoms with E-state index in [-0.39, 0.29) is 12.5 Å². The average Bonchev–Trinajstić information content (AvgIpc) is 2.80. The van der Waals surface area contributed by atoms with Crippen LogP contribution in [-0.4, -0.2) is 33.7 Å². The summed E-state index contributed by atoms with van der Waals surface area (Å²) in [6.45, 7) is 0.537. The number of amides is 1. The summed E-state index contributed by atoms with van der Waals surface area (Å²) in [5.74, 6) is 0.240. The van der Waals surface area contributed by atoms with Crippen LogP contribution in [0.2, 0.25) is 5.02 Å². The zero-order chi connectivity index (χ0) is 23.7. The maximum absolute atomic E-state index is 12.4. The third-order valence-corrected chi connectivity index (χ3v) is 6.47. The van der Waals surface area contributed by atoms with E-state index in [4.69, 9.17) is 16.3 Å². The van der Waals surface area contributed by atoms with Crippen molar-refractivity contribution < 1.29 is 17.9 Å². The smallest absolute Gasteiger partial charge is 0.240 e. The van der Waals surface area contributed by atoms with Gasteiger partial charge in [0.2, 0.25) is 15.9 Å². The lowest BCUT2D eigenvalue weighted by Crippen LogP contribution is -2.40. The predicted octanol–water partition coefficient (Wildman–Crippen LogP) is 4.43. The molecule has 0 aromatic heterocycles. The van der Waals surface area contributed by atoms with Crippen molar-refractivity contribution in [3.8, 4) is 5.75 Å². The van der Waals surface area contributed by atoms with Gasteiger partial charge in [0.05, 0.1) is 11.9 Å². The first-order chi connectivity index (χ1) is 15.8. The first kappa shape index (κ1) is 24.6. The van der Waals surface area contributed by atoms with E-state index in [1.807, 2.05) is 54.6 Å². The number of hydrogen-bond acceptors (Lipinski definition) is 4. The number of ether oxygens (including phenoxy) is 1. The molecule has 1 N–H and O–H groups in total. The molecule has 3 aromatic rings. The Morgan fingerprint density at radius 3 is 2.30 bits per heavy atom. The van der Waals surface area contributed by atoms with Gasteiger partial charge in [-0.3, -0.25) is 9.10 Å². The summed E-state index contributed by atoms with van der Waals surface area (Å²) in [5, 5.41) is 3.48. The van der Waals surface area contributed by atoms with E-state index in [1.54, 1.807) is 24.3 Å². The molecule has 0 bridgehead atoms. The molecule has 3 rings (SSSR count). The maximum atomic E-state index is 12.4. The van der Waals surface area contributed by atoms with Gasteiger partial charge in [0.25, 0.3) is 0 Å². The molecule has 0 saturated heterocycles. The van der Waals surface area contributed by atoms with Gasteiger partial charge in [-0.1, -0.05) is 60.1 Å². The molecule has 8 heteroatoms. The highest BCUT2D eigenvalue weighted by molar-refractivity contribution is 7.92. The monoisotopic (exact) mass is 486 g/mol. The first-order valence-corrected chi connectivity index (χ1v) is 12.8. The molecule has 0 radical (unpaired) electrons. The highest BCUT2D eigenvalue weighted by Gasteiger charge is 2.20. The van der Waals surface area contributed by atoms with Gasteiger partial charge in [-0.15, -0.1) is 0 Å². The number of nitrogens with zero attached hydrogens (tertiary/aromatic N) is 1. The molecule has 0 aliphatic heterocycles. The van der Waals surface area contributed by atoms with Gasteiger partial charge >= 0.3 is 0 Å². The number of carbonyl (C=O) groups excluding carboxylic acids is 1. The van der Waals surface area contributed by atoms with Crippen LogP contribution < -0.4 is 14.4 Å². The van der Waals surface area contributed by atoms with Crippen LogP contribution >= 0.6 is 11.6 Å². The van der Waals surface area contributed by atoms with Gasteiger partial charge in [-0.2, -0.15) is 0 Å². The fourth-order valence-corrected chi connectivity index (χ4v) is 4.33. The predicted molar refractivity (Wildman–Crippen MR) is 132 cm³/mol. The summed E-state index contributed by atoms with van der Waals surface area (Å²) < 4.78 is 31.5. The van der Waals surface area contributed by atoms with E-state index in [9.17, 15) is 13.2 Å². The van der Waals surface area contributed by atoms with Crippen molar-refractivity contribution >= 4 is 33.2 Å². The summed E-state index contributed by atoms with van der Waals surface area (Å²) in [4.78, 5) is 12.4. The van der Waals surface area contributed by atoms with E-state index in [0.29, 0.717) is 36.0 Å². The Morgan fingerprint density at radius 1 is 0.970 bits per heavy atom. The van der Waals surface area contributed by atoms with E-state index in [0.717, 1.165) is 28.1 Å². The average molecular weight is 487 g/mol. The van der Waals surface area contributed by atoms with Crippen molar-refractivity contribution in [1.82, 2.24) is 5.32 Å². The minimum atomic E-state index is -3.65. The van der Waals surface area contributed by atoms with Crippen molar-refractivity contribution in [2.45, 2.75) is 19.4 Å². The van der Waals surface area contributed by atoms with Crippen LogP contribution in [0, 0.1) is 0 Å². The third-order valence-electron chi connectivity index (χ3n) is 4.96. The molecule has 3 aromatic carbocycles. The number of halogens is 1. The van der Waals surface area contributed by atoms with Gasteiger partial charge < -0.3 is 10.1 Å². The summed E-state index contributed by atoms with van der Waals surface area (Å²) >= 11 is 6.14.